The average Bonchev–Trinajstić information content (AvgIpc) is 2.65. The minimum Gasteiger partial charge on any atom is -0.379 e. The van der Waals surface area contributed by atoms with E-state index >= 15 is 0 Å². The van der Waals surface area contributed by atoms with Crippen LogP contribution in [0.15, 0.2) is 24.3 Å². The molecule has 1 aromatic rings. The maximum Gasteiger partial charge on any atom is 0.237 e. The minimum absolute atomic E-state index is 0.0871. The Kier molecular flexibility index (Phi) is 7.69. The summed E-state index contributed by atoms with van der Waals surface area (Å²) in [5.74, 6) is 0.0871. The van der Waals surface area contributed by atoms with Gasteiger partial charge in [-0.2, -0.15) is 0 Å². The Hall–Kier alpha value is -1.43. The zero-order chi connectivity index (χ0) is 17.4. The lowest BCUT2D eigenvalue weighted by molar-refractivity contribution is -0.127. The first-order valence-corrected chi connectivity index (χ1v) is 9.03. The van der Waals surface area contributed by atoms with Crippen LogP contribution in [-0.4, -0.2) is 61.1 Å². The molecule has 1 heterocycles. The molecule has 1 fully saturated rings. The predicted octanol–water partition coefficient (Wildman–Crippen LogP) is 1.87. The third-order valence-corrected chi connectivity index (χ3v) is 4.76. The summed E-state index contributed by atoms with van der Waals surface area (Å²) in [5, 5.41) is 3.05. The SMILES string of the molecule is CCN(CC)Cc1ccc(CNC(=O)[C@@H](C)N2CCOCC2)cc1. The number of nitrogens with zero attached hydrogens (tertiary/aromatic N) is 2. The topological polar surface area (TPSA) is 44.8 Å². The van der Waals surface area contributed by atoms with Crippen LogP contribution in [-0.2, 0) is 22.6 Å². The molecule has 5 nitrogen and oxygen atoms in total. The van der Waals surface area contributed by atoms with E-state index in [0.29, 0.717) is 19.8 Å². The first-order chi connectivity index (χ1) is 11.6. The number of ether oxygens (including phenoxy) is 1. The molecule has 1 N–H and O–H groups in total. The van der Waals surface area contributed by atoms with Gasteiger partial charge in [0.15, 0.2) is 0 Å². The van der Waals surface area contributed by atoms with E-state index in [1.165, 1.54) is 5.56 Å². The monoisotopic (exact) mass is 333 g/mol. The van der Waals surface area contributed by atoms with E-state index in [4.69, 9.17) is 4.74 Å². The Bertz CT molecular complexity index is 494. The summed E-state index contributed by atoms with van der Waals surface area (Å²) in [4.78, 5) is 16.9. The van der Waals surface area contributed by atoms with Crippen LogP contribution in [0, 0.1) is 0 Å². The smallest absolute Gasteiger partial charge is 0.237 e. The van der Waals surface area contributed by atoms with Crippen molar-refractivity contribution in [1.29, 1.82) is 0 Å². The molecule has 0 saturated carbocycles. The van der Waals surface area contributed by atoms with Crippen molar-refractivity contribution < 1.29 is 9.53 Å². The molecule has 1 amide bonds. The van der Waals surface area contributed by atoms with Gasteiger partial charge in [-0.25, -0.2) is 0 Å². The molecule has 0 spiro atoms. The highest BCUT2D eigenvalue weighted by Crippen LogP contribution is 2.08. The number of benzene rings is 1. The second-order valence-corrected chi connectivity index (χ2v) is 6.32. The van der Waals surface area contributed by atoms with E-state index in [9.17, 15) is 4.79 Å². The van der Waals surface area contributed by atoms with Crippen LogP contribution in [0.2, 0.25) is 0 Å². The molecular formula is C19H31N3O2. The van der Waals surface area contributed by atoms with Gasteiger partial charge in [0.05, 0.1) is 19.3 Å². The molecular weight excluding hydrogens is 302 g/mol. The predicted molar refractivity (Wildman–Crippen MR) is 96.8 cm³/mol. The van der Waals surface area contributed by atoms with Gasteiger partial charge < -0.3 is 10.1 Å². The zero-order valence-electron chi connectivity index (χ0n) is 15.3. The molecule has 0 aliphatic carbocycles. The van der Waals surface area contributed by atoms with E-state index in [1.807, 2.05) is 6.92 Å². The lowest BCUT2D eigenvalue weighted by atomic mass is 10.1. The molecule has 2 rings (SSSR count). The molecule has 0 bridgehead atoms. The van der Waals surface area contributed by atoms with Gasteiger partial charge in [-0.1, -0.05) is 38.1 Å². The van der Waals surface area contributed by atoms with Crippen LogP contribution >= 0.6 is 0 Å². The summed E-state index contributed by atoms with van der Waals surface area (Å²) in [5.41, 5.74) is 2.45. The number of amides is 1. The molecule has 5 heteroatoms. The summed E-state index contributed by atoms with van der Waals surface area (Å²) in [6.45, 7) is 13.1. The number of rotatable bonds is 8. The minimum atomic E-state index is -0.101. The Balaban J connectivity index is 1.79. The lowest BCUT2D eigenvalue weighted by Gasteiger charge is -2.31. The Morgan fingerprint density at radius 2 is 1.75 bits per heavy atom. The molecule has 1 aliphatic heterocycles. The van der Waals surface area contributed by atoms with E-state index in [-0.39, 0.29) is 11.9 Å². The highest BCUT2D eigenvalue weighted by molar-refractivity contribution is 5.81. The van der Waals surface area contributed by atoms with Crippen LogP contribution < -0.4 is 5.32 Å². The Morgan fingerprint density at radius 1 is 1.17 bits per heavy atom. The van der Waals surface area contributed by atoms with Gasteiger partial charge in [-0.3, -0.25) is 14.6 Å². The highest BCUT2D eigenvalue weighted by atomic mass is 16.5. The molecule has 1 aliphatic rings. The highest BCUT2D eigenvalue weighted by Gasteiger charge is 2.22. The van der Waals surface area contributed by atoms with Crippen molar-refractivity contribution in [2.75, 3.05) is 39.4 Å². The Labute approximate surface area is 146 Å². The Morgan fingerprint density at radius 3 is 2.33 bits per heavy atom. The van der Waals surface area contributed by atoms with Gasteiger partial charge in [0, 0.05) is 26.2 Å². The van der Waals surface area contributed by atoms with Crippen LogP contribution in [0.4, 0.5) is 0 Å². The molecule has 1 saturated heterocycles. The number of carbonyl (C=O) groups excluding carboxylic acids is 1. The van der Waals surface area contributed by atoms with Gasteiger partial charge >= 0.3 is 0 Å². The van der Waals surface area contributed by atoms with Crippen molar-refractivity contribution in [3.8, 4) is 0 Å². The second-order valence-electron chi connectivity index (χ2n) is 6.32. The van der Waals surface area contributed by atoms with Gasteiger partial charge in [0.25, 0.3) is 0 Å². The summed E-state index contributed by atoms with van der Waals surface area (Å²) >= 11 is 0. The van der Waals surface area contributed by atoms with Crippen LogP contribution in [0.1, 0.15) is 31.9 Å². The molecule has 1 atom stereocenters. The zero-order valence-corrected chi connectivity index (χ0v) is 15.3. The largest absolute Gasteiger partial charge is 0.379 e. The fourth-order valence-electron chi connectivity index (χ4n) is 2.94. The summed E-state index contributed by atoms with van der Waals surface area (Å²) in [6, 6.07) is 8.43. The van der Waals surface area contributed by atoms with Crippen molar-refractivity contribution >= 4 is 5.91 Å². The number of morpholine rings is 1. The summed E-state index contributed by atoms with van der Waals surface area (Å²) in [7, 11) is 0. The van der Waals surface area contributed by atoms with E-state index in [1.54, 1.807) is 0 Å². The summed E-state index contributed by atoms with van der Waals surface area (Å²) < 4.78 is 5.34. The quantitative estimate of drug-likeness (QED) is 0.789. The van der Waals surface area contributed by atoms with Crippen molar-refractivity contribution in [2.45, 2.75) is 39.9 Å². The van der Waals surface area contributed by atoms with E-state index < -0.39 is 0 Å². The molecule has 0 aromatic heterocycles. The molecule has 0 unspecified atom stereocenters. The van der Waals surface area contributed by atoms with Crippen molar-refractivity contribution in [1.82, 2.24) is 15.1 Å². The van der Waals surface area contributed by atoms with Crippen molar-refractivity contribution in [3.63, 3.8) is 0 Å². The van der Waals surface area contributed by atoms with E-state index in [2.05, 4.69) is 53.2 Å². The van der Waals surface area contributed by atoms with Gasteiger partial charge in [0.2, 0.25) is 5.91 Å². The maximum atomic E-state index is 12.3. The summed E-state index contributed by atoms with van der Waals surface area (Å²) in [6.07, 6.45) is 0. The normalized spacial score (nSPS) is 17.0. The van der Waals surface area contributed by atoms with Gasteiger partial charge in [-0.15, -0.1) is 0 Å². The molecule has 0 radical (unpaired) electrons. The van der Waals surface area contributed by atoms with Crippen LogP contribution in [0.3, 0.4) is 0 Å². The average molecular weight is 333 g/mol. The fraction of sp³-hybridized carbons (Fsp3) is 0.632. The van der Waals surface area contributed by atoms with Gasteiger partial charge in [0.1, 0.15) is 0 Å². The van der Waals surface area contributed by atoms with Crippen LogP contribution in [0.25, 0.3) is 0 Å². The third-order valence-electron chi connectivity index (χ3n) is 4.76. The molecule has 24 heavy (non-hydrogen) atoms. The van der Waals surface area contributed by atoms with Crippen molar-refractivity contribution in [3.05, 3.63) is 35.4 Å². The molecule has 1 aromatic carbocycles. The first-order valence-electron chi connectivity index (χ1n) is 9.03. The number of hydrogen-bond donors (Lipinski definition) is 1. The fourth-order valence-corrected chi connectivity index (χ4v) is 2.94. The third kappa shape index (κ3) is 5.58. The number of hydrogen-bond acceptors (Lipinski definition) is 4. The van der Waals surface area contributed by atoms with E-state index in [0.717, 1.165) is 38.3 Å². The van der Waals surface area contributed by atoms with Crippen molar-refractivity contribution in [2.24, 2.45) is 0 Å². The maximum absolute atomic E-state index is 12.3. The number of nitrogens with one attached hydrogen (secondary N) is 1. The van der Waals surface area contributed by atoms with Gasteiger partial charge in [-0.05, 0) is 31.1 Å². The standard InChI is InChI=1S/C19H31N3O2/c1-4-21(5-2)15-18-8-6-17(7-9-18)14-20-19(23)16(3)22-10-12-24-13-11-22/h6-9,16H,4-5,10-15H2,1-3H3,(H,20,23)/t16-/m1/s1. The van der Waals surface area contributed by atoms with Crippen LogP contribution in [0.5, 0.6) is 0 Å². The number of carbonyl (C=O) groups is 1. The second kappa shape index (κ2) is 9.77. The lowest BCUT2D eigenvalue weighted by Crippen LogP contribution is -2.49. The first kappa shape index (κ1) is 18.9. The molecule has 134 valence electrons.